The molecule has 0 spiro atoms. The number of ether oxygens (including phenoxy) is 1. The molecule has 1 unspecified atom stereocenters. The lowest BCUT2D eigenvalue weighted by Crippen LogP contribution is -2.35. The van der Waals surface area contributed by atoms with Crippen molar-refractivity contribution in [1.29, 1.82) is 0 Å². The van der Waals surface area contributed by atoms with Gasteiger partial charge in [-0.2, -0.15) is 0 Å². The summed E-state index contributed by atoms with van der Waals surface area (Å²) in [6.07, 6.45) is 0. The van der Waals surface area contributed by atoms with E-state index in [1.54, 1.807) is 12.1 Å². The molecule has 1 amide bonds. The third-order valence-corrected chi connectivity index (χ3v) is 2.63. The number of phenols is 1. The molecule has 0 aromatic heterocycles. The lowest BCUT2D eigenvalue weighted by molar-refractivity contribution is -0.120. The summed E-state index contributed by atoms with van der Waals surface area (Å²) >= 11 is 0. The normalized spacial score (nSPS) is 12.4. The Morgan fingerprint density at radius 2 is 2.16 bits per heavy atom. The summed E-state index contributed by atoms with van der Waals surface area (Å²) in [6.45, 7) is 7.05. The molecule has 0 bridgehead atoms. The molecule has 19 heavy (non-hydrogen) atoms. The minimum Gasteiger partial charge on any atom is -0.504 e. The van der Waals surface area contributed by atoms with Crippen LogP contribution >= 0.6 is 0 Å². The minimum atomic E-state index is -0.581. The molecule has 5 heteroatoms. The van der Waals surface area contributed by atoms with Crippen LogP contribution in [-0.4, -0.2) is 24.2 Å². The Morgan fingerprint density at radius 1 is 1.47 bits per heavy atom. The van der Waals surface area contributed by atoms with Gasteiger partial charge in [0.2, 0.25) is 5.91 Å². The topological polar surface area (TPSA) is 84.6 Å². The van der Waals surface area contributed by atoms with Gasteiger partial charge >= 0.3 is 0 Å². The third-order valence-electron chi connectivity index (χ3n) is 2.63. The first-order valence-corrected chi connectivity index (χ1v) is 6.44. The van der Waals surface area contributed by atoms with E-state index in [0.717, 1.165) is 0 Å². The van der Waals surface area contributed by atoms with Gasteiger partial charge in [-0.05, 0) is 37.1 Å². The molecule has 5 nitrogen and oxygen atoms in total. The Bertz CT molecular complexity index is 433. The fraction of sp³-hybridized carbons (Fsp3) is 0.500. The molecule has 0 fully saturated rings. The first kappa shape index (κ1) is 15.3. The van der Waals surface area contributed by atoms with Gasteiger partial charge in [-0.1, -0.05) is 19.9 Å². The molecule has 0 heterocycles. The van der Waals surface area contributed by atoms with Crippen LogP contribution in [-0.2, 0) is 4.79 Å². The molecular weight excluding hydrogens is 244 g/mol. The first-order valence-electron chi connectivity index (χ1n) is 6.44. The number of nitrogens with two attached hydrogens (primary N) is 1. The second-order valence-corrected chi connectivity index (χ2v) is 4.80. The largest absolute Gasteiger partial charge is 0.504 e. The molecular formula is C14H22N2O3. The predicted molar refractivity (Wildman–Crippen MR) is 74.1 cm³/mol. The van der Waals surface area contributed by atoms with Crippen LogP contribution in [0.3, 0.4) is 0 Å². The van der Waals surface area contributed by atoms with Crippen LogP contribution in [0.4, 0.5) is 0 Å². The van der Waals surface area contributed by atoms with Crippen molar-refractivity contribution in [1.82, 2.24) is 5.32 Å². The smallest absolute Gasteiger partial charge is 0.239 e. The fourth-order valence-corrected chi connectivity index (χ4v) is 1.72. The second kappa shape index (κ2) is 6.99. The minimum absolute atomic E-state index is 0.0534. The van der Waals surface area contributed by atoms with Gasteiger partial charge in [0.1, 0.15) is 6.04 Å². The van der Waals surface area contributed by atoms with E-state index < -0.39 is 11.9 Å². The lowest BCUT2D eigenvalue weighted by Gasteiger charge is -2.18. The highest BCUT2D eigenvalue weighted by Gasteiger charge is 2.19. The number of carbonyl (C=O) groups is 1. The number of hydrogen-bond donors (Lipinski definition) is 3. The van der Waals surface area contributed by atoms with Gasteiger partial charge in [0.25, 0.3) is 0 Å². The lowest BCUT2D eigenvalue weighted by atomic mass is 10.0. The van der Waals surface area contributed by atoms with E-state index in [1.165, 1.54) is 6.07 Å². The molecule has 1 rings (SSSR count). The van der Waals surface area contributed by atoms with Crippen molar-refractivity contribution in [2.24, 2.45) is 11.7 Å². The molecule has 1 aromatic carbocycles. The zero-order chi connectivity index (χ0) is 14.4. The fourth-order valence-electron chi connectivity index (χ4n) is 1.72. The number of aromatic hydroxyl groups is 1. The van der Waals surface area contributed by atoms with E-state index in [1.807, 2.05) is 20.8 Å². The van der Waals surface area contributed by atoms with Crippen LogP contribution in [0.25, 0.3) is 0 Å². The quantitative estimate of drug-likeness (QED) is 0.699. The third kappa shape index (κ3) is 4.44. The molecule has 106 valence electrons. The molecule has 0 saturated heterocycles. The summed E-state index contributed by atoms with van der Waals surface area (Å²) in [4.78, 5) is 11.5. The summed E-state index contributed by atoms with van der Waals surface area (Å²) in [6, 6.07) is 4.23. The van der Waals surface area contributed by atoms with E-state index in [0.29, 0.717) is 30.4 Å². The van der Waals surface area contributed by atoms with Gasteiger partial charge < -0.3 is 20.9 Å². The summed E-state index contributed by atoms with van der Waals surface area (Å²) < 4.78 is 5.30. The van der Waals surface area contributed by atoms with E-state index >= 15 is 0 Å². The number of amides is 1. The molecule has 4 N–H and O–H groups in total. The first-order chi connectivity index (χ1) is 8.95. The highest BCUT2D eigenvalue weighted by molar-refractivity contribution is 5.81. The van der Waals surface area contributed by atoms with Crippen molar-refractivity contribution < 1.29 is 14.6 Å². The van der Waals surface area contributed by atoms with Crippen molar-refractivity contribution in [3.8, 4) is 11.5 Å². The number of phenolic OH excluding ortho intramolecular Hbond substituents is 1. The SMILES string of the molecule is CCOc1cc(C(NCC(C)C)C(N)=O)ccc1O. The number of carbonyl (C=O) groups excluding carboxylic acids is 1. The Labute approximate surface area is 113 Å². The van der Waals surface area contributed by atoms with E-state index in [4.69, 9.17) is 10.5 Å². The van der Waals surface area contributed by atoms with Crippen LogP contribution in [0.1, 0.15) is 32.4 Å². The standard InChI is InChI=1S/C14H22N2O3/c1-4-19-12-7-10(5-6-11(12)17)13(14(15)18)16-8-9(2)3/h5-7,9,13,16-17H,4,8H2,1-3H3,(H2,15,18). The summed E-state index contributed by atoms with van der Waals surface area (Å²) in [7, 11) is 0. The maximum absolute atomic E-state index is 11.5. The van der Waals surface area contributed by atoms with Gasteiger partial charge in [-0.25, -0.2) is 0 Å². The average Bonchev–Trinajstić information content (AvgIpc) is 2.32. The maximum atomic E-state index is 11.5. The van der Waals surface area contributed by atoms with E-state index in [-0.39, 0.29) is 5.75 Å². The molecule has 0 radical (unpaired) electrons. The highest BCUT2D eigenvalue weighted by atomic mass is 16.5. The van der Waals surface area contributed by atoms with Crippen molar-refractivity contribution >= 4 is 5.91 Å². The van der Waals surface area contributed by atoms with Crippen molar-refractivity contribution in [3.05, 3.63) is 23.8 Å². The van der Waals surface area contributed by atoms with Crippen molar-refractivity contribution in [3.63, 3.8) is 0 Å². The summed E-state index contributed by atoms with van der Waals surface area (Å²) in [5.74, 6) is 0.370. The summed E-state index contributed by atoms with van der Waals surface area (Å²) in [5, 5.41) is 12.8. The van der Waals surface area contributed by atoms with Gasteiger partial charge in [0.15, 0.2) is 11.5 Å². The highest BCUT2D eigenvalue weighted by Crippen LogP contribution is 2.29. The van der Waals surface area contributed by atoms with Crippen LogP contribution in [0.2, 0.25) is 0 Å². The molecule has 1 aromatic rings. The molecule has 0 aliphatic heterocycles. The van der Waals surface area contributed by atoms with Crippen LogP contribution in [0.5, 0.6) is 11.5 Å². The maximum Gasteiger partial charge on any atom is 0.239 e. The Morgan fingerprint density at radius 3 is 2.68 bits per heavy atom. The molecule has 0 aliphatic carbocycles. The monoisotopic (exact) mass is 266 g/mol. The Kier molecular flexibility index (Phi) is 5.63. The molecule has 0 saturated carbocycles. The average molecular weight is 266 g/mol. The van der Waals surface area contributed by atoms with Gasteiger partial charge in [0.05, 0.1) is 6.61 Å². The van der Waals surface area contributed by atoms with Gasteiger partial charge in [0, 0.05) is 0 Å². The zero-order valence-electron chi connectivity index (χ0n) is 11.6. The predicted octanol–water partition coefficient (Wildman–Crippen LogP) is 1.56. The van der Waals surface area contributed by atoms with E-state index in [9.17, 15) is 9.90 Å². The Hall–Kier alpha value is -1.75. The van der Waals surface area contributed by atoms with Crippen LogP contribution < -0.4 is 15.8 Å². The number of primary amides is 1. The van der Waals surface area contributed by atoms with Crippen LogP contribution in [0.15, 0.2) is 18.2 Å². The molecule has 1 atom stereocenters. The van der Waals surface area contributed by atoms with Gasteiger partial charge in [-0.15, -0.1) is 0 Å². The van der Waals surface area contributed by atoms with Crippen LogP contribution in [0, 0.1) is 5.92 Å². The molecule has 0 aliphatic rings. The van der Waals surface area contributed by atoms with E-state index in [2.05, 4.69) is 5.32 Å². The summed E-state index contributed by atoms with van der Waals surface area (Å²) in [5.41, 5.74) is 6.10. The number of benzene rings is 1. The second-order valence-electron chi connectivity index (χ2n) is 4.80. The van der Waals surface area contributed by atoms with Crippen molar-refractivity contribution in [2.75, 3.05) is 13.2 Å². The Balaban J connectivity index is 2.95. The number of nitrogens with one attached hydrogen (secondary N) is 1. The van der Waals surface area contributed by atoms with Gasteiger partial charge in [-0.3, -0.25) is 4.79 Å². The zero-order valence-corrected chi connectivity index (χ0v) is 11.6. The number of rotatable bonds is 7. The number of hydrogen-bond acceptors (Lipinski definition) is 4. The van der Waals surface area contributed by atoms with Crippen molar-refractivity contribution in [2.45, 2.75) is 26.8 Å².